The van der Waals surface area contributed by atoms with Gasteiger partial charge in [-0.3, -0.25) is 14.3 Å². The molecule has 2 aromatic carbocycles. The molecule has 1 saturated heterocycles. The van der Waals surface area contributed by atoms with Gasteiger partial charge in [0.15, 0.2) is 0 Å². The van der Waals surface area contributed by atoms with Crippen LogP contribution in [0.25, 0.3) is 11.3 Å². The maximum atomic E-state index is 13.3. The summed E-state index contributed by atoms with van der Waals surface area (Å²) in [6.45, 7) is 2.89. The Bertz CT molecular complexity index is 1030. The summed E-state index contributed by atoms with van der Waals surface area (Å²) in [5.74, 6) is -1.04. The SMILES string of the molecule is CC1(C(=O)O)CCN(C(=O)c2cn(Cc3ccccc3)nc2-c2ccccc2)C1. The summed E-state index contributed by atoms with van der Waals surface area (Å²) in [7, 11) is 0. The largest absolute Gasteiger partial charge is 0.481 e. The highest BCUT2D eigenvalue weighted by molar-refractivity contribution is 6.00. The van der Waals surface area contributed by atoms with Crippen molar-refractivity contribution in [2.45, 2.75) is 19.9 Å². The van der Waals surface area contributed by atoms with Crippen molar-refractivity contribution >= 4 is 11.9 Å². The van der Waals surface area contributed by atoms with Crippen molar-refractivity contribution in [2.75, 3.05) is 13.1 Å². The molecule has 148 valence electrons. The predicted molar refractivity (Wildman–Crippen MR) is 109 cm³/mol. The summed E-state index contributed by atoms with van der Waals surface area (Å²) >= 11 is 0. The number of aliphatic carboxylic acids is 1. The number of aromatic nitrogens is 2. The molecule has 0 radical (unpaired) electrons. The fourth-order valence-corrected chi connectivity index (χ4v) is 3.72. The summed E-state index contributed by atoms with van der Waals surface area (Å²) in [5, 5.41) is 14.2. The Morgan fingerprint density at radius 2 is 1.72 bits per heavy atom. The van der Waals surface area contributed by atoms with E-state index in [4.69, 9.17) is 5.10 Å². The fraction of sp³-hybridized carbons (Fsp3) is 0.261. The van der Waals surface area contributed by atoms with Gasteiger partial charge in [-0.25, -0.2) is 0 Å². The first kappa shape index (κ1) is 18.9. The van der Waals surface area contributed by atoms with E-state index in [2.05, 4.69) is 0 Å². The van der Waals surface area contributed by atoms with Crippen LogP contribution in [0.4, 0.5) is 0 Å². The highest BCUT2D eigenvalue weighted by Crippen LogP contribution is 2.32. The first-order chi connectivity index (χ1) is 14.0. The van der Waals surface area contributed by atoms with E-state index in [9.17, 15) is 14.7 Å². The lowest BCUT2D eigenvalue weighted by Gasteiger charge is -2.20. The summed E-state index contributed by atoms with van der Waals surface area (Å²) in [4.78, 5) is 26.5. The number of rotatable bonds is 5. The van der Waals surface area contributed by atoms with Gasteiger partial charge in [-0.2, -0.15) is 5.10 Å². The molecule has 1 aromatic heterocycles. The first-order valence-electron chi connectivity index (χ1n) is 9.66. The number of nitrogens with zero attached hydrogens (tertiary/aromatic N) is 3. The Labute approximate surface area is 169 Å². The van der Waals surface area contributed by atoms with Crippen LogP contribution >= 0.6 is 0 Å². The maximum Gasteiger partial charge on any atom is 0.311 e. The second-order valence-electron chi connectivity index (χ2n) is 7.78. The third kappa shape index (κ3) is 3.78. The van der Waals surface area contributed by atoms with Crippen LogP contribution in [0.2, 0.25) is 0 Å². The van der Waals surface area contributed by atoms with Crippen molar-refractivity contribution < 1.29 is 14.7 Å². The molecule has 1 amide bonds. The third-order valence-electron chi connectivity index (χ3n) is 5.50. The third-order valence-corrected chi connectivity index (χ3v) is 5.50. The van der Waals surface area contributed by atoms with Crippen LogP contribution in [0, 0.1) is 5.41 Å². The zero-order valence-corrected chi connectivity index (χ0v) is 16.3. The van der Waals surface area contributed by atoms with Crippen LogP contribution < -0.4 is 0 Å². The van der Waals surface area contributed by atoms with Crippen LogP contribution in [0.5, 0.6) is 0 Å². The highest BCUT2D eigenvalue weighted by Gasteiger charge is 2.42. The van der Waals surface area contributed by atoms with Crippen molar-refractivity contribution in [1.29, 1.82) is 0 Å². The molecule has 0 spiro atoms. The second kappa shape index (κ2) is 7.54. The average molecular weight is 389 g/mol. The van der Waals surface area contributed by atoms with E-state index < -0.39 is 11.4 Å². The van der Waals surface area contributed by atoms with Gasteiger partial charge in [0.2, 0.25) is 0 Å². The minimum atomic E-state index is -0.900. The van der Waals surface area contributed by atoms with Crippen LogP contribution in [-0.4, -0.2) is 44.8 Å². The number of amides is 1. The summed E-state index contributed by atoms with van der Waals surface area (Å²) in [5.41, 5.74) is 2.18. The molecule has 1 aliphatic heterocycles. The van der Waals surface area contributed by atoms with Crippen molar-refractivity contribution in [3.05, 3.63) is 78.0 Å². The maximum absolute atomic E-state index is 13.3. The smallest absolute Gasteiger partial charge is 0.311 e. The molecule has 6 heteroatoms. The number of carboxylic acids is 1. The summed E-state index contributed by atoms with van der Waals surface area (Å²) < 4.78 is 1.78. The van der Waals surface area contributed by atoms with Crippen molar-refractivity contribution in [3.63, 3.8) is 0 Å². The van der Waals surface area contributed by atoms with E-state index in [1.165, 1.54) is 0 Å². The molecule has 0 saturated carbocycles. The molecule has 1 aliphatic rings. The van der Waals surface area contributed by atoms with E-state index in [0.717, 1.165) is 11.1 Å². The van der Waals surface area contributed by atoms with Crippen LogP contribution in [-0.2, 0) is 11.3 Å². The Morgan fingerprint density at radius 1 is 1.07 bits per heavy atom. The monoisotopic (exact) mass is 389 g/mol. The number of carbonyl (C=O) groups excluding carboxylic acids is 1. The van der Waals surface area contributed by atoms with Crippen molar-refractivity contribution in [1.82, 2.24) is 14.7 Å². The van der Waals surface area contributed by atoms with Gasteiger partial charge in [0.05, 0.1) is 17.5 Å². The molecule has 0 aliphatic carbocycles. The number of hydrogen-bond acceptors (Lipinski definition) is 3. The van der Waals surface area contributed by atoms with E-state index >= 15 is 0 Å². The number of benzene rings is 2. The van der Waals surface area contributed by atoms with Gasteiger partial charge < -0.3 is 10.0 Å². The van der Waals surface area contributed by atoms with Crippen molar-refractivity contribution in [2.24, 2.45) is 5.41 Å². The molecule has 1 unspecified atom stereocenters. The Morgan fingerprint density at radius 3 is 2.34 bits per heavy atom. The number of carbonyl (C=O) groups is 2. The standard InChI is InChI=1S/C23H23N3O3/c1-23(22(28)29)12-13-25(16-23)21(27)19-15-26(14-17-8-4-2-5-9-17)24-20(19)18-10-6-3-7-11-18/h2-11,15H,12-14,16H2,1H3,(H,28,29). The lowest BCUT2D eigenvalue weighted by Crippen LogP contribution is -2.34. The van der Waals surface area contributed by atoms with Crippen molar-refractivity contribution in [3.8, 4) is 11.3 Å². The van der Waals surface area contributed by atoms with Gasteiger partial charge in [0.1, 0.15) is 5.69 Å². The molecule has 2 heterocycles. The lowest BCUT2D eigenvalue weighted by molar-refractivity contribution is -0.147. The highest BCUT2D eigenvalue weighted by atomic mass is 16.4. The van der Waals surface area contributed by atoms with Gasteiger partial charge in [-0.15, -0.1) is 0 Å². The predicted octanol–water partition coefficient (Wildman–Crippen LogP) is 3.54. The zero-order valence-electron chi connectivity index (χ0n) is 16.3. The fourth-order valence-electron chi connectivity index (χ4n) is 3.72. The Kier molecular flexibility index (Phi) is 4.92. The van der Waals surface area contributed by atoms with Gasteiger partial charge in [0, 0.05) is 24.8 Å². The molecule has 0 bridgehead atoms. The average Bonchev–Trinajstić information content (AvgIpc) is 3.34. The molecule has 1 atom stereocenters. The molecular formula is C23H23N3O3. The normalized spacial score (nSPS) is 18.7. The Balaban J connectivity index is 1.68. The van der Waals surface area contributed by atoms with Gasteiger partial charge >= 0.3 is 5.97 Å². The van der Waals surface area contributed by atoms with Crippen LogP contribution in [0.15, 0.2) is 66.9 Å². The molecule has 3 aromatic rings. The molecular weight excluding hydrogens is 366 g/mol. The second-order valence-corrected chi connectivity index (χ2v) is 7.78. The molecule has 6 nitrogen and oxygen atoms in total. The lowest BCUT2D eigenvalue weighted by atomic mass is 9.90. The molecule has 1 N–H and O–H groups in total. The van der Waals surface area contributed by atoms with Gasteiger partial charge in [0.25, 0.3) is 5.91 Å². The van der Waals surface area contributed by atoms with Gasteiger partial charge in [-0.1, -0.05) is 60.7 Å². The molecule has 1 fully saturated rings. The zero-order chi connectivity index (χ0) is 20.4. The first-order valence-corrected chi connectivity index (χ1v) is 9.66. The quantitative estimate of drug-likeness (QED) is 0.724. The van der Waals surface area contributed by atoms with E-state index in [-0.39, 0.29) is 12.5 Å². The number of hydrogen-bond donors (Lipinski definition) is 1. The molecule has 4 rings (SSSR count). The van der Waals surface area contributed by atoms with Gasteiger partial charge in [-0.05, 0) is 18.9 Å². The van der Waals surface area contributed by atoms with E-state index in [1.807, 2.05) is 60.7 Å². The minimum absolute atomic E-state index is 0.173. The molecule has 29 heavy (non-hydrogen) atoms. The topological polar surface area (TPSA) is 75.4 Å². The minimum Gasteiger partial charge on any atom is -0.481 e. The Hall–Kier alpha value is -3.41. The number of carboxylic acid groups (broad SMARTS) is 1. The van der Waals surface area contributed by atoms with Crippen LogP contribution in [0.1, 0.15) is 29.3 Å². The summed E-state index contributed by atoms with van der Waals surface area (Å²) in [6, 6.07) is 19.5. The summed E-state index contributed by atoms with van der Waals surface area (Å²) in [6.07, 6.45) is 2.22. The van der Waals surface area contributed by atoms with Crippen LogP contribution in [0.3, 0.4) is 0 Å². The van der Waals surface area contributed by atoms with E-state index in [1.54, 1.807) is 22.7 Å². The van der Waals surface area contributed by atoms with E-state index in [0.29, 0.717) is 30.8 Å². The number of likely N-dealkylation sites (tertiary alicyclic amines) is 1.